The Bertz CT molecular complexity index is 498. The van der Waals surface area contributed by atoms with Crippen molar-refractivity contribution in [1.29, 1.82) is 0 Å². The number of halogens is 1. The van der Waals surface area contributed by atoms with Gasteiger partial charge in [0.15, 0.2) is 0 Å². The van der Waals surface area contributed by atoms with E-state index in [9.17, 15) is 0 Å². The molecule has 0 saturated carbocycles. The highest BCUT2D eigenvalue weighted by molar-refractivity contribution is 7.10. The fraction of sp³-hybridized carbons (Fsp3) is 0.333. The third-order valence-corrected chi connectivity index (χ3v) is 4.60. The summed E-state index contributed by atoms with van der Waals surface area (Å²) in [6.07, 6.45) is 0. The average Bonchev–Trinajstić information content (AvgIpc) is 2.86. The van der Waals surface area contributed by atoms with Gasteiger partial charge in [0.05, 0.1) is 11.1 Å². The number of likely N-dealkylation sites (N-methyl/N-ethyl adjacent to an activating group) is 1. The van der Waals surface area contributed by atoms with E-state index in [0.29, 0.717) is 6.54 Å². The minimum Gasteiger partial charge on any atom is -0.329 e. The van der Waals surface area contributed by atoms with Crippen LogP contribution in [-0.4, -0.2) is 18.0 Å². The molecule has 2 N–H and O–H groups in total. The Labute approximate surface area is 123 Å². The molecule has 0 aliphatic heterocycles. The monoisotopic (exact) mass is 294 g/mol. The van der Waals surface area contributed by atoms with E-state index in [2.05, 4.69) is 36.1 Å². The fourth-order valence-corrected chi connectivity index (χ4v) is 3.44. The molecule has 0 bridgehead atoms. The molecule has 4 heteroatoms. The van der Waals surface area contributed by atoms with Gasteiger partial charge in [0, 0.05) is 23.3 Å². The molecular formula is C15H19ClN2S. The van der Waals surface area contributed by atoms with Gasteiger partial charge in [-0.05, 0) is 18.2 Å². The van der Waals surface area contributed by atoms with Crippen LogP contribution in [0.15, 0.2) is 41.8 Å². The summed E-state index contributed by atoms with van der Waals surface area (Å²) in [6.45, 7) is 4.65. The van der Waals surface area contributed by atoms with Gasteiger partial charge in [-0.3, -0.25) is 4.90 Å². The van der Waals surface area contributed by atoms with Crippen LogP contribution >= 0.6 is 22.9 Å². The Morgan fingerprint density at radius 1 is 1.32 bits per heavy atom. The highest BCUT2D eigenvalue weighted by atomic mass is 35.5. The van der Waals surface area contributed by atoms with E-state index in [0.717, 1.165) is 18.1 Å². The molecule has 0 aliphatic rings. The Morgan fingerprint density at radius 3 is 2.58 bits per heavy atom. The van der Waals surface area contributed by atoms with E-state index in [4.69, 9.17) is 17.3 Å². The van der Waals surface area contributed by atoms with Crippen LogP contribution in [0.3, 0.4) is 0 Å². The first-order chi connectivity index (χ1) is 9.24. The third kappa shape index (κ3) is 3.80. The van der Waals surface area contributed by atoms with Crippen LogP contribution in [0.4, 0.5) is 0 Å². The molecular weight excluding hydrogens is 276 g/mol. The summed E-state index contributed by atoms with van der Waals surface area (Å²) in [5.74, 6) is 0. The summed E-state index contributed by atoms with van der Waals surface area (Å²) in [5, 5.41) is 2.77. The minimum atomic E-state index is 0.239. The normalized spacial score (nSPS) is 12.8. The zero-order chi connectivity index (χ0) is 13.7. The number of nitrogens with zero attached hydrogens (tertiary/aromatic N) is 1. The molecule has 1 unspecified atom stereocenters. The molecule has 1 atom stereocenters. The smallest absolute Gasteiger partial charge is 0.0567 e. The number of rotatable bonds is 6. The predicted octanol–water partition coefficient (Wildman–Crippen LogP) is 3.92. The molecule has 19 heavy (non-hydrogen) atoms. The van der Waals surface area contributed by atoms with E-state index >= 15 is 0 Å². The highest BCUT2D eigenvalue weighted by Gasteiger charge is 2.19. The van der Waals surface area contributed by atoms with Gasteiger partial charge in [0.1, 0.15) is 0 Å². The van der Waals surface area contributed by atoms with Crippen molar-refractivity contribution in [2.45, 2.75) is 19.5 Å². The molecule has 1 aromatic heterocycles. The lowest BCUT2D eigenvalue weighted by Gasteiger charge is -2.29. The van der Waals surface area contributed by atoms with Gasteiger partial charge < -0.3 is 5.73 Å². The quantitative estimate of drug-likeness (QED) is 0.875. The summed E-state index contributed by atoms with van der Waals surface area (Å²) < 4.78 is 0. The van der Waals surface area contributed by atoms with Crippen molar-refractivity contribution in [3.8, 4) is 0 Å². The van der Waals surface area contributed by atoms with Crippen molar-refractivity contribution in [3.63, 3.8) is 0 Å². The van der Waals surface area contributed by atoms with Crippen molar-refractivity contribution >= 4 is 22.9 Å². The molecule has 0 aliphatic carbocycles. The van der Waals surface area contributed by atoms with Crippen molar-refractivity contribution in [1.82, 2.24) is 4.90 Å². The van der Waals surface area contributed by atoms with E-state index in [1.807, 2.05) is 17.5 Å². The Morgan fingerprint density at radius 2 is 2.05 bits per heavy atom. The first-order valence-corrected chi connectivity index (χ1v) is 7.72. The van der Waals surface area contributed by atoms with Crippen LogP contribution in [0, 0.1) is 0 Å². The third-order valence-electron chi connectivity index (χ3n) is 3.21. The van der Waals surface area contributed by atoms with Crippen molar-refractivity contribution in [3.05, 3.63) is 57.2 Å². The van der Waals surface area contributed by atoms with E-state index in [1.165, 1.54) is 10.4 Å². The lowest BCUT2D eigenvalue weighted by molar-refractivity contribution is 0.206. The van der Waals surface area contributed by atoms with E-state index in [-0.39, 0.29) is 6.04 Å². The van der Waals surface area contributed by atoms with Crippen LogP contribution < -0.4 is 5.73 Å². The lowest BCUT2D eigenvalue weighted by Crippen LogP contribution is -2.32. The highest BCUT2D eigenvalue weighted by Crippen LogP contribution is 2.29. The summed E-state index contributed by atoms with van der Waals surface area (Å²) >= 11 is 7.70. The van der Waals surface area contributed by atoms with Gasteiger partial charge in [-0.25, -0.2) is 0 Å². The zero-order valence-electron chi connectivity index (χ0n) is 11.1. The zero-order valence-corrected chi connectivity index (χ0v) is 12.6. The molecule has 102 valence electrons. The second-order valence-corrected chi connectivity index (χ2v) is 5.85. The maximum atomic E-state index is 6.02. The number of hydrogen-bond acceptors (Lipinski definition) is 3. The summed E-state index contributed by atoms with van der Waals surface area (Å²) in [5.41, 5.74) is 7.28. The predicted molar refractivity (Wildman–Crippen MR) is 83.7 cm³/mol. The van der Waals surface area contributed by atoms with Crippen molar-refractivity contribution < 1.29 is 0 Å². The minimum absolute atomic E-state index is 0.239. The van der Waals surface area contributed by atoms with Gasteiger partial charge in [-0.1, -0.05) is 48.9 Å². The van der Waals surface area contributed by atoms with Crippen LogP contribution in [0.5, 0.6) is 0 Å². The molecule has 2 rings (SSSR count). The fourth-order valence-electron chi connectivity index (χ4n) is 2.21. The van der Waals surface area contributed by atoms with E-state index < -0.39 is 0 Å². The molecule has 2 nitrogen and oxygen atoms in total. The second-order valence-electron chi connectivity index (χ2n) is 4.47. The average molecular weight is 295 g/mol. The van der Waals surface area contributed by atoms with Crippen LogP contribution in [0.1, 0.15) is 23.4 Å². The molecule has 0 amide bonds. The van der Waals surface area contributed by atoms with Crippen molar-refractivity contribution in [2.75, 3.05) is 13.1 Å². The molecule has 0 fully saturated rings. The molecule has 1 aromatic carbocycles. The summed E-state index contributed by atoms with van der Waals surface area (Å²) in [6, 6.07) is 12.7. The molecule has 0 radical (unpaired) electrons. The standard InChI is InChI=1S/C15H19ClN2S/c1-2-18(10-12-6-4-3-5-7-12)14(9-17)15-8-13(16)11-19-15/h3-8,11,14H,2,9-10,17H2,1H3. The lowest BCUT2D eigenvalue weighted by atomic mass is 10.1. The molecule has 0 saturated heterocycles. The molecule has 1 heterocycles. The Kier molecular flexibility index (Phi) is 5.40. The van der Waals surface area contributed by atoms with Gasteiger partial charge in [0.2, 0.25) is 0 Å². The van der Waals surface area contributed by atoms with Crippen LogP contribution in [0.2, 0.25) is 5.02 Å². The van der Waals surface area contributed by atoms with Crippen molar-refractivity contribution in [2.24, 2.45) is 5.73 Å². The summed E-state index contributed by atoms with van der Waals surface area (Å²) in [4.78, 5) is 3.63. The number of benzene rings is 1. The topological polar surface area (TPSA) is 29.3 Å². The first-order valence-electron chi connectivity index (χ1n) is 6.46. The largest absolute Gasteiger partial charge is 0.329 e. The number of thiophene rings is 1. The Hall–Kier alpha value is -0.870. The van der Waals surface area contributed by atoms with Gasteiger partial charge in [-0.2, -0.15) is 0 Å². The SMILES string of the molecule is CCN(Cc1ccccc1)C(CN)c1cc(Cl)cs1. The van der Waals surface area contributed by atoms with Crippen LogP contribution in [0.25, 0.3) is 0 Å². The number of hydrogen-bond donors (Lipinski definition) is 1. The summed E-state index contributed by atoms with van der Waals surface area (Å²) in [7, 11) is 0. The van der Waals surface area contributed by atoms with Gasteiger partial charge in [0.25, 0.3) is 0 Å². The number of nitrogens with two attached hydrogens (primary N) is 1. The van der Waals surface area contributed by atoms with E-state index in [1.54, 1.807) is 11.3 Å². The first kappa shape index (κ1) is 14.5. The molecule has 0 spiro atoms. The second kappa shape index (κ2) is 7.06. The molecule has 2 aromatic rings. The maximum absolute atomic E-state index is 6.02. The van der Waals surface area contributed by atoms with Crippen LogP contribution in [-0.2, 0) is 6.54 Å². The van der Waals surface area contributed by atoms with Gasteiger partial charge >= 0.3 is 0 Å². The maximum Gasteiger partial charge on any atom is 0.0567 e. The van der Waals surface area contributed by atoms with Gasteiger partial charge in [-0.15, -0.1) is 11.3 Å². The Balaban J connectivity index is 2.15.